The monoisotopic (exact) mass is 402 g/mol. The molecule has 0 saturated carbocycles. The van der Waals surface area contributed by atoms with Crippen LogP contribution in [0.25, 0.3) is 0 Å². The third kappa shape index (κ3) is 6.57. The minimum absolute atomic E-state index is 0.0635. The van der Waals surface area contributed by atoms with Crippen LogP contribution in [0.2, 0.25) is 0 Å². The van der Waals surface area contributed by atoms with Gasteiger partial charge < -0.3 is 29.2 Å². The molecule has 0 radical (unpaired) electrons. The molecule has 7 heteroatoms. The number of anilines is 1. The van der Waals surface area contributed by atoms with Crippen LogP contribution in [0.5, 0.6) is 23.0 Å². The van der Waals surface area contributed by atoms with E-state index in [9.17, 15) is 4.79 Å². The molecule has 0 unspecified atom stereocenters. The Labute approximate surface area is 172 Å². The molecule has 1 N–H and O–H groups in total. The number of benzene rings is 2. The summed E-state index contributed by atoms with van der Waals surface area (Å²) in [6, 6.07) is 11.2. The van der Waals surface area contributed by atoms with E-state index in [2.05, 4.69) is 10.2 Å². The molecule has 0 fully saturated rings. The van der Waals surface area contributed by atoms with E-state index >= 15 is 0 Å². The first-order valence-corrected chi connectivity index (χ1v) is 9.42. The maximum Gasteiger partial charge on any atom is 0.225 e. The van der Waals surface area contributed by atoms with E-state index in [1.165, 1.54) is 0 Å². The molecule has 2 aromatic rings. The summed E-state index contributed by atoms with van der Waals surface area (Å²) in [7, 11) is 8.40. The van der Waals surface area contributed by atoms with Gasteiger partial charge in [-0.3, -0.25) is 4.79 Å². The van der Waals surface area contributed by atoms with E-state index in [0.29, 0.717) is 30.2 Å². The van der Waals surface area contributed by atoms with Gasteiger partial charge in [0.1, 0.15) is 11.5 Å². The van der Waals surface area contributed by atoms with Gasteiger partial charge in [-0.2, -0.15) is 0 Å². The Morgan fingerprint density at radius 2 is 1.59 bits per heavy atom. The molecule has 2 aromatic carbocycles. The van der Waals surface area contributed by atoms with Gasteiger partial charge in [0.15, 0.2) is 11.5 Å². The minimum Gasteiger partial charge on any atom is -0.497 e. The molecule has 0 spiro atoms. The van der Waals surface area contributed by atoms with E-state index in [0.717, 1.165) is 30.0 Å². The van der Waals surface area contributed by atoms with E-state index in [1.54, 1.807) is 46.6 Å². The molecule has 0 bridgehead atoms. The Hall–Kier alpha value is -2.93. The van der Waals surface area contributed by atoms with Gasteiger partial charge in [-0.15, -0.1) is 0 Å². The largest absolute Gasteiger partial charge is 0.497 e. The zero-order chi connectivity index (χ0) is 21.2. The Morgan fingerprint density at radius 3 is 2.24 bits per heavy atom. The van der Waals surface area contributed by atoms with Gasteiger partial charge >= 0.3 is 0 Å². The third-order valence-corrected chi connectivity index (χ3v) is 4.63. The van der Waals surface area contributed by atoms with Gasteiger partial charge in [0.25, 0.3) is 0 Å². The number of carbonyl (C=O) groups is 1. The number of hydrogen-bond donors (Lipinski definition) is 1. The first kappa shape index (κ1) is 22.4. The van der Waals surface area contributed by atoms with E-state index in [1.807, 2.05) is 25.2 Å². The first-order valence-electron chi connectivity index (χ1n) is 9.42. The van der Waals surface area contributed by atoms with E-state index in [4.69, 9.17) is 18.9 Å². The molecule has 0 aliphatic rings. The number of carbonyl (C=O) groups excluding carboxylic acids is 1. The third-order valence-electron chi connectivity index (χ3n) is 4.63. The van der Waals surface area contributed by atoms with Crippen molar-refractivity contribution in [3.63, 3.8) is 0 Å². The summed E-state index contributed by atoms with van der Waals surface area (Å²) < 4.78 is 21.1. The topological polar surface area (TPSA) is 69.3 Å². The predicted octanol–water partition coefficient (Wildman–Crippen LogP) is 3.22. The fourth-order valence-corrected chi connectivity index (χ4v) is 2.87. The Morgan fingerprint density at radius 1 is 0.862 bits per heavy atom. The fraction of sp³-hybridized carbons (Fsp3) is 0.409. The Kier molecular flexibility index (Phi) is 8.61. The Balaban J connectivity index is 1.82. The van der Waals surface area contributed by atoms with Gasteiger partial charge in [0, 0.05) is 25.6 Å². The standard InChI is InChI=1S/C22H30N2O5/c1-24(12-10-16-6-9-19(27-3)21(14-16)29-5)13-11-22(25)23-18-8-7-17(26-2)15-20(18)28-4/h6-9,14-15H,10-13H2,1-5H3,(H,23,25). The van der Waals surface area contributed by atoms with Crippen LogP contribution in [0.1, 0.15) is 12.0 Å². The second kappa shape index (κ2) is 11.2. The van der Waals surface area contributed by atoms with Crippen molar-refractivity contribution in [1.29, 1.82) is 0 Å². The average Bonchev–Trinajstić information content (AvgIpc) is 2.76. The van der Waals surface area contributed by atoms with Crippen molar-refractivity contribution in [2.24, 2.45) is 0 Å². The van der Waals surface area contributed by atoms with Gasteiger partial charge in [-0.25, -0.2) is 0 Å². The van der Waals surface area contributed by atoms with Crippen molar-refractivity contribution in [2.45, 2.75) is 12.8 Å². The van der Waals surface area contributed by atoms with E-state index < -0.39 is 0 Å². The summed E-state index contributed by atoms with van der Waals surface area (Å²) in [5.74, 6) is 2.62. The van der Waals surface area contributed by atoms with Crippen molar-refractivity contribution in [3.8, 4) is 23.0 Å². The van der Waals surface area contributed by atoms with Crippen LogP contribution in [0.4, 0.5) is 5.69 Å². The molecule has 0 aliphatic carbocycles. The van der Waals surface area contributed by atoms with E-state index in [-0.39, 0.29) is 5.91 Å². The summed E-state index contributed by atoms with van der Waals surface area (Å²) in [6.45, 7) is 1.48. The van der Waals surface area contributed by atoms with Gasteiger partial charge in [0.05, 0.1) is 34.1 Å². The summed E-state index contributed by atoms with van der Waals surface area (Å²) in [4.78, 5) is 14.4. The lowest BCUT2D eigenvalue weighted by atomic mass is 10.1. The maximum absolute atomic E-state index is 12.3. The number of nitrogens with one attached hydrogen (secondary N) is 1. The second-order valence-corrected chi connectivity index (χ2v) is 6.61. The van der Waals surface area contributed by atoms with Gasteiger partial charge in [0.2, 0.25) is 5.91 Å². The summed E-state index contributed by atoms with van der Waals surface area (Å²) in [6.07, 6.45) is 1.24. The number of methoxy groups -OCH3 is 4. The van der Waals surface area contributed by atoms with Crippen LogP contribution in [-0.2, 0) is 11.2 Å². The van der Waals surface area contributed by atoms with Crippen LogP contribution < -0.4 is 24.3 Å². The highest BCUT2D eigenvalue weighted by molar-refractivity contribution is 5.92. The molecule has 2 rings (SSSR count). The first-order chi connectivity index (χ1) is 14.0. The lowest BCUT2D eigenvalue weighted by molar-refractivity contribution is -0.116. The normalized spacial score (nSPS) is 10.6. The highest BCUT2D eigenvalue weighted by Crippen LogP contribution is 2.29. The number of ether oxygens (including phenoxy) is 4. The molecule has 158 valence electrons. The molecule has 0 saturated heterocycles. The number of hydrogen-bond acceptors (Lipinski definition) is 6. The Bertz CT molecular complexity index is 810. The van der Waals surface area contributed by atoms with Crippen molar-refractivity contribution in [2.75, 3.05) is 53.9 Å². The van der Waals surface area contributed by atoms with Gasteiger partial charge in [-0.05, 0) is 43.3 Å². The highest BCUT2D eigenvalue weighted by Gasteiger charge is 2.11. The molecule has 0 aliphatic heterocycles. The summed E-state index contributed by atoms with van der Waals surface area (Å²) in [5, 5.41) is 2.89. The second-order valence-electron chi connectivity index (χ2n) is 6.61. The van der Waals surface area contributed by atoms with Crippen molar-refractivity contribution in [1.82, 2.24) is 4.90 Å². The molecule has 7 nitrogen and oxygen atoms in total. The van der Waals surface area contributed by atoms with Crippen LogP contribution in [0, 0.1) is 0 Å². The zero-order valence-corrected chi connectivity index (χ0v) is 17.8. The lowest BCUT2D eigenvalue weighted by Gasteiger charge is -2.17. The number of nitrogens with zero attached hydrogens (tertiary/aromatic N) is 1. The average molecular weight is 402 g/mol. The van der Waals surface area contributed by atoms with Crippen LogP contribution in [0.15, 0.2) is 36.4 Å². The minimum atomic E-state index is -0.0635. The molecule has 0 atom stereocenters. The molecule has 0 aromatic heterocycles. The molecule has 29 heavy (non-hydrogen) atoms. The molecular weight excluding hydrogens is 372 g/mol. The lowest BCUT2D eigenvalue weighted by Crippen LogP contribution is -2.26. The van der Waals surface area contributed by atoms with Crippen molar-refractivity contribution < 1.29 is 23.7 Å². The fourth-order valence-electron chi connectivity index (χ4n) is 2.87. The molecule has 1 amide bonds. The molecular formula is C22H30N2O5. The van der Waals surface area contributed by atoms with Crippen molar-refractivity contribution in [3.05, 3.63) is 42.0 Å². The smallest absolute Gasteiger partial charge is 0.225 e. The summed E-state index contributed by atoms with van der Waals surface area (Å²) >= 11 is 0. The number of amides is 1. The maximum atomic E-state index is 12.3. The zero-order valence-electron chi connectivity index (χ0n) is 17.8. The predicted molar refractivity (Wildman–Crippen MR) is 114 cm³/mol. The quantitative estimate of drug-likeness (QED) is 0.622. The van der Waals surface area contributed by atoms with Crippen LogP contribution in [0.3, 0.4) is 0 Å². The SMILES string of the molecule is COc1ccc(NC(=O)CCN(C)CCc2ccc(OC)c(OC)c2)c(OC)c1. The number of rotatable bonds is 11. The number of likely N-dealkylation sites (N-methyl/N-ethyl adjacent to an activating group) is 1. The van der Waals surface area contributed by atoms with Gasteiger partial charge in [-0.1, -0.05) is 6.07 Å². The highest BCUT2D eigenvalue weighted by atomic mass is 16.5. The van der Waals surface area contributed by atoms with Crippen LogP contribution in [-0.4, -0.2) is 59.4 Å². The van der Waals surface area contributed by atoms with Crippen LogP contribution >= 0.6 is 0 Å². The molecule has 0 heterocycles. The van der Waals surface area contributed by atoms with Crippen molar-refractivity contribution >= 4 is 11.6 Å². The summed E-state index contributed by atoms with van der Waals surface area (Å²) in [5.41, 5.74) is 1.79.